The lowest BCUT2D eigenvalue weighted by molar-refractivity contribution is -0.129. The average molecular weight is 398 g/mol. The lowest BCUT2D eigenvalue weighted by Gasteiger charge is -2.15. The third-order valence-electron chi connectivity index (χ3n) is 5.58. The quantitative estimate of drug-likeness (QED) is 0.773. The van der Waals surface area contributed by atoms with Gasteiger partial charge < -0.3 is 9.47 Å². The number of benzene rings is 1. The Morgan fingerprint density at radius 2 is 1.79 bits per heavy atom. The molecule has 1 aliphatic carbocycles. The van der Waals surface area contributed by atoms with Crippen LogP contribution >= 0.6 is 0 Å². The molecule has 2 heterocycles. The maximum Gasteiger partial charge on any atom is 0.271 e. The number of hydrazine groups is 1. The highest BCUT2D eigenvalue weighted by atomic mass is 19.1. The summed E-state index contributed by atoms with van der Waals surface area (Å²) in [4.78, 5) is 38.8. The Morgan fingerprint density at radius 3 is 2.45 bits per heavy atom. The predicted molar refractivity (Wildman–Crippen MR) is 104 cm³/mol. The summed E-state index contributed by atoms with van der Waals surface area (Å²) < 4.78 is 15.0. The first-order valence-corrected chi connectivity index (χ1v) is 9.69. The monoisotopic (exact) mass is 398 g/mol. The summed E-state index contributed by atoms with van der Waals surface area (Å²) in [7, 11) is 0. The fourth-order valence-corrected chi connectivity index (χ4v) is 3.91. The van der Waals surface area contributed by atoms with Crippen LogP contribution in [0.1, 0.15) is 41.0 Å². The van der Waals surface area contributed by atoms with Gasteiger partial charge in [-0.05, 0) is 57.0 Å². The first kappa shape index (κ1) is 19.2. The van der Waals surface area contributed by atoms with Crippen molar-refractivity contribution in [2.24, 2.45) is 5.92 Å². The molecule has 152 valence electrons. The van der Waals surface area contributed by atoms with Gasteiger partial charge in [0.1, 0.15) is 5.82 Å². The second-order valence-corrected chi connectivity index (χ2v) is 7.72. The molecule has 2 aliphatic rings. The minimum Gasteiger partial charge on any atom is -0.339 e. The fourth-order valence-electron chi connectivity index (χ4n) is 3.91. The van der Waals surface area contributed by atoms with E-state index in [0.717, 1.165) is 24.2 Å². The van der Waals surface area contributed by atoms with Crippen LogP contribution in [-0.4, -0.2) is 39.8 Å². The number of likely N-dealkylation sites (tertiary alicyclic amines) is 1. The number of carbonyl (C=O) groups is 3. The van der Waals surface area contributed by atoms with Gasteiger partial charge in [-0.3, -0.25) is 25.2 Å². The Balaban J connectivity index is 1.41. The SMILES string of the molecule is Cc1cc(C(=O)NNC(=O)[C@H]2CC(=O)N(C3CC3)C2)c(C)n1-c1ccc(F)cc1. The summed E-state index contributed by atoms with van der Waals surface area (Å²) in [5, 5.41) is 0. The number of rotatable bonds is 4. The largest absolute Gasteiger partial charge is 0.339 e. The Kier molecular flexibility index (Phi) is 4.86. The molecule has 2 aromatic rings. The molecular formula is C21H23FN4O3. The molecule has 29 heavy (non-hydrogen) atoms. The average Bonchev–Trinajstić information content (AvgIpc) is 3.40. The predicted octanol–water partition coefficient (Wildman–Crippen LogP) is 2.01. The van der Waals surface area contributed by atoms with E-state index in [9.17, 15) is 18.8 Å². The van der Waals surface area contributed by atoms with Crippen LogP contribution in [0, 0.1) is 25.6 Å². The second-order valence-electron chi connectivity index (χ2n) is 7.72. The Morgan fingerprint density at radius 1 is 1.10 bits per heavy atom. The summed E-state index contributed by atoms with van der Waals surface area (Å²) in [5.41, 5.74) is 7.55. The highest BCUT2D eigenvalue weighted by Gasteiger charge is 2.41. The molecule has 0 spiro atoms. The van der Waals surface area contributed by atoms with E-state index in [-0.39, 0.29) is 30.1 Å². The van der Waals surface area contributed by atoms with Gasteiger partial charge in [0, 0.05) is 36.1 Å². The van der Waals surface area contributed by atoms with Gasteiger partial charge in [0.15, 0.2) is 0 Å². The molecule has 1 aromatic carbocycles. The van der Waals surface area contributed by atoms with Crippen molar-refractivity contribution < 1.29 is 18.8 Å². The molecule has 8 heteroatoms. The minimum absolute atomic E-state index is 0.00169. The summed E-state index contributed by atoms with van der Waals surface area (Å²) in [6.07, 6.45) is 2.18. The maximum atomic E-state index is 13.2. The zero-order chi connectivity index (χ0) is 20.7. The van der Waals surface area contributed by atoms with Crippen LogP contribution < -0.4 is 10.9 Å². The van der Waals surface area contributed by atoms with Crippen molar-refractivity contribution in [3.63, 3.8) is 0 Å². The highest BCUT2D eigenvalue weighted by Crippen LogP contribution is 2.32. The zero-order valence-corrected chi connectivity index (χ0v) is 16.4. The van der Waals surface area contributed by atoms with Gasteiger partial charge in [-0.25, -0.2) is 4.39 Å². The number of nitrogens with zero attached hydrogens (tertiary/aromatic N) is 2. The van der Waals surface area contributed by atoms with Gasteiger partial charge in [0.2, 0.25) is 11.8 Å². The number of halogens is 1. The number of aryl methyl sites for hydroxylation is 1. The molecule has 0 bridgehead atoms. The van der Waals surface area contributed by atoms with Gasteiger partial charge in [-0.15, -0.1) is 0 Å². The summed E-state index contributed by atoms with van der Waals surface area (Å²) in [6, 6.07) is 8.01. The molecule has 1 atom stereocenters. The third-order valence-corrected chi connectivity index (χ3v) is 5.58. The van der Waals surface area contributed by atoms with Gasteiger partial charge in [0.25, 0.3) is 5.91 Å². The Hall–Kier alpha value is -3.16. The van der Waals surface area contributed by atoms with Crippen molar-refractivity contribution in [1.29, 1.82) is 0 Å². The van der Waals surface area contributed by atoms with E-state index in [1.807, 2.05) is 11.5 Å². The number of nitrogens with one attached hydrogen (secondary N) is 2. The molecule has 0 unspecified atom stereocenters. The van der Waals surface area contributed by atoms with Gasteiger partial charge in [0.05, 0.1) is 11.5 Å². The lowest BCUT2D eigenvalue weighted by Crippen LogP contribution is -2.45. The van der Waals surface area contributed by atoms with E-state index in [0.29, 0.717) is 17.8 Å². The first-order valence-electron chi connectivity index (χ1n) is 9.69. The normalized spacial score (nSPS) is 18.8. The molecule has 3 amide bonds. The van der Waals surface area contributed by atoms with Crippen molar-refractivity contribution in [3.8, 4) is 5.69 Å². The fraction of sp³-hybridized carbons (Fsp3) is 0.381. The van der Waals surface area contributed by atoms with Gasteiger partial charge >= 0.3 is 0 Å². The maximum absolute atomic E-state index is 13.2. The first-order chi connectivity index (χ1) is 13.8. The molecule has 7 nitrogen and oxygen atoms in total. The van der Waals surface area contributed by atoms with Crippen molar-refractivity contribution >= 4 is 17.7 Å². The van der Waals surface area contributed by atoms with Gasteiger partial charge in [-0.1, -0.05) is 0 Å². The number of carbonyl (C=O) groups excluding carboxylic acids is 3. The summed E-state index contributed by atoms with van der Waals surface area (Å²) in [6.45, 7) is 4.04. The van der Waals surface area contributed by atoms with E-state index in [1.165, 1.54) is 12.1 Å². The molecule has 4 rings (SSSR count). The van der Waals surface area contributed by atoms with Crippen molar-refractivity contribution in [1.82, 2.24) is 20.3 Å². The van der Waals surface area contributed by atoms with Crippen LogP contribution in [0.3, 0.4) is 0 Å². The van der Waals surface area contributed by atoms with E-state index >= 15 is 0 Å². The smallest absolute Gasteiger partial charge is 0.271 e. The number of amides is 3. The number of aromatic nitrogens is 1. The van der Waals surface area contributed by atoms with Crippen molar-refractivity contribution in [2.45, 2.75) is 39.2 Å². The van der Waals surface area contributed by atoms with Crippen LogP contribution in [0.15, 0.2) is 30.3 Å². The highest BCUT2D eigenvalue weighted by molar-refractivity contribution is 5.97. The molecular weight excluding hydrogens is 375 g/mol. The lowest BCUT2D eigenvalue weighted by atomic mass is 10.1. The summed E-state index contributed by atoms with van der Waals surface area (Å²) >= 11 is 0. The number of hydrogen-bond donors (Lipinski definition) is 2. The Bertz CT molecular complexity index is 979. The van der Waals surface area contributed by atoms with Crippen LogP contribution in [0.5, 0.6) is 0 Å². The van der Waals surface area contributed by atoms with E-state index < -0.39 is 11.8 Å². The topological polar surface area (TPSA) is 83.4 Å². The molecule has 1 saturated carbocycles. The van der Waals surface area contributed by atoms with Crippen LogP contribution in [0.25, 0.3) is 5.69 Å². The number of hydrogen-bond acceptors (Lipinski definition) is 3. The van der Waals surface area contributed by atoms with Crippen molar-refractivity contribution in [3.05, 3.63) is 53.1 Å². The minimum atomic E-state index is -0.449. The second kappa shape index (κ2) is 7.35. The molecule has 0 radical (unpaired) electrons. The standard InChI is InChI=1S/C21H23FN4O3/c1-12-9-18(13(2)26(12)17-5-3-15(22)4-6-17)21(29)24-23-20(28)14-10-19(27)25(11-14)16-7-8-16/h3-6,9,14,16H,7-8,10-11H2,1-2H3,(H,23,28)(H,24,29)/t14-/m0/s1. The van der Waals surface area contributed by atoms with E-state index in [4.69, 9.17) is 0 Å². The molecule has 2 N–H and O–H groups in total. The molecule has 1 aromatic heterocycles. The van der Waals surface area contributed by atoms with Crippen molar-refractivity contribution in [2.75, 3.05) is 6.54 Å². The van der Waals surface area contributed by atoms with Crippen LogP contribution in [0.4, 0.5) is 4.39 Å². The Labute approximate surface area is 167 Å². The molecule has 1 saturated heterocycles. The summed E-state index contributed by atoms with van der Waals surface area (Å²) in [5.74, 6) is -1.58. The molecule has 1 aliphatic heterocycles. The van der Waals surface area contributed by atoms with E-state index in [1.54, 1.807) is 30.0 Å². The van der Waals surface area contributed by atoms with Crippen LogP contribution in [0.2, 0.25) is 0 Å². The zero-order valence-electron chi connectivity index (χ0n) is 16.4. The van der Waals surface area contributed by atoms with Gasteiger partial charge in [-0.2, -0.15) is 0 Å². The van der Waals surface area contributed by atoms with Crippen LogP contribution in [-0.2, 0) is 9.59 Å². The third kappa shape index (κ3) is 3.74. The van der Waals surface area contributed by atoms with E-state index in [2.05, 4.69) is 10.9 Å². The molecule has 2 fully saturated rings.